The molecule has 0 spiro atoms. The summed E-state index contributed by atoms with van der Waals surface area (Å²) in [5, 5.41) is 0. The number of nitrogens with zero attached hydrogens (tertiary/aromatic N) is 1. The van der Waals surface area contributed by atoms with E-state index in [4.69, 9.17) is 4.74 Å². The van der Waals surface area contributed by atoms with Crippen molar-refractivity contribution in [2.24, 2.45) is 0 Å². The molecule has 1 heterocycles. The van der Waals surface area contributed by atoms with Crippen molar-refractivity contribution in [2.75, 3.05) is 32.8 Å². The van der Waals surface area contributed by atoms with E-state index in [1.54, 1.807) is 12.1 Å². The largest absolute Gasteiger partial charge is 0.379 e. The molecule has 1 fully saturated rings. The monoisotopic (exact) mass is 360 g/mol. The van der Waals surface area contributed by atoms with Crippen LogP contribution in [-0.2, 0) is 14.8 Å². The minimum atomic E-state index is -3.50. The Hall–Kier alpha value is -1.73. The van der Waals surface area contributed by atoms with Gasteiger partial charge in [0.2, 0.25) is 10.0 Å². The van der Waals surface area contributed by atoms with Crippen molar-refractivity contribution in [1.29, 1.82) is 0 Å². The molecule has 0 radical (unpaired) electrons. The fraction of sp³-hybridized carbons (Fsp3) is 0.368. The highest BCUT2D eigenvalue weighted by Crippen LogP contribution is 2.21. The van der Waals surface area contributed by atoms with Crippen LogP contribution in [0.3, 0.4) is 0 Å². The summed E-state index contributed by atoms with van der Waals surface area (Å²) < 4.78 is 33.1. The quantitative estimate of drug-likeness (QED) is 0.859. The zero-order valence-electron chi connectivity index (χ0n) is 14.4. The lowest BCUT2D eigenvalue weighted by molar-refractivity contribution is 0.0213. The van der Waals surface area contributed by atoms with Gasteiger partial charge < -0.3 is 4.74 Å². The predicted molar refractivity (Wildman–Crippen MR) is 98.9 cm³/mol. The molecule has 6 heteroatoms. The first-order chi connectivity index (χ1) is 12.1. The molecule has 1 saturated heterocycles. The summed E-state index contributed by atoms with van der Waals surface area (Å²) in [6.45, 7) is 5.52. The third kappa shape index (κ3) is 4.67. The highest BCUT2D eigenvalue weighted by atomic mass is 32.2. The van der Waals surface area contributed by atoms with Gasteiger partial charge in [-0.2, -0.15) is 0 Å². The van der Waals surface area contributed by atoms with E-state index in [1.807, 2.05) is 49.4 Å². The molecule has 1 aliphatic rings. The van der Waals surface area contributed by atoms with E-state index in [0.29, 0.717) is 24.7 Å². The van der Waals surface area contributed by atoms with Gasteiger partial charge in [-0.05, 0) is 30.2 Å². The zero-order valence-corrected chi connectivity index (χ0v) is 15.2. The Bertz CT molecular complexity index is 770. The Morgan fingerprint density at radius 3 is 2.24 bits per heavy atom. The molecule has 5 nitrogen and oxygen atoms in total. The van der Waals surface area contributed by atoms with E-state index in [9.17, 15) is 8.42 Å². The Morgan fingerprint density at radius 2 is 1.60 bits per heavy atom. The Morgan fingerprint density at radius 1 is 1.00 bits per heavy atom. The summed E-state index contributed by atoms with van der Waals surface area (Å²) in [5.41, 5.74) is 2.07. The Kier molecular flexibility index (Phi) is 5.86. The molecule has 0 saturated carbocycles. The summed E-state index contributed by atoms with van der Waals surface area (Å²) in [7, 11) is -3.50. The summed E-state index contributed by atoms with van der Waals surface area (Å²) in [5.74, 6) is 0. The first-order valence-corrected chi connectivity index (χ1v) is 10.0. The average molecular weight is 360 g/mol. The van der Waals surface area contributed by atoms with Gasteiger partial charge >= 0.3 is 0 Å². The molecule has 0 amide bonds. The van der Waals surface area contributed by atoms with Crippen molar-refractivity contribution in [2.45, 2.75) is 17.9 Å². The maximum atomic E-state index is 12.5. The van der Waals surface area contributed by atoms with Gasteiger partial charge in [0.1, 0.15) is 0 Å². The minimum absolute atomic E-state index is 0.141. The molecule has 1 atom stereocenters. The number of hydrogen-bond acceptors (Lipinski definition) is 4. The highest BCUT2D eigenvalue weighted by molar-refractivity contribution is 7.89. The van der Waals surface area contributed by atoms with Crippen molar-refractivity contribution >= 4 is 10.0 Å². The van der Waals surface area contributed by atoms with Gasteiger partial charge in [0.25, 0.3) is 0 Å². The maximum Gasteiger partial charge on any atom is 0.240 e. The van der Waals surface area contributed by atoms with E-state index >= 15 is 0 Å². The van der Waals surface area contributed by atoms with Crippen LogP contribution >= 0.6 is 0 Å². The van der Waals surface area contributed by atoms with Gasteiger partial charge in [-0.3, -0.25) is 4.90 Å². The minimum Gasteiger partial charge on any atom is -0.379 e. The first kappa shape index (κ1) is 18.1. The van der Waals surface area contributed by atoms with Gasteiger partial charge in [0.15, 0.2) is 0 Å². The zero-order chi connectivity index (χ0) is 17.7. The van der Waals surface area contributed by atoms with Crippen LogP contribution in [0.15, 0.2) is 59.5 Å². The van der Waals surface area contributed by atoms with Crippen molar-refractivity contribution in [3.8, 4) is 11.1 Å². The van der Waals surface area contributed by atoms with Gasteiger partial charge in [-0.15, -0.1) is 0 Å². The van der Waals surface area contributed by atoms with Gasteiger partial charge in [-0.25, -0.2) is 13.1 Å². The number of rotatable bonds is 6. The molecular formula is C19H24N2O3S. The SMILES string of the molecule is C[C@@H](CNS(=O)(=O)c1ccc(-c2ccccc2)cc1)N1CCOCC1. The molecule has 2 aromatic rings. The topological polar surface area (TPSA) is 58.6 Å². The van der Waals surface area contributed by atoms with Crippen molar-refractivity contribution in [3.05, 3.63) is 54.6 Å². The third-order valence-corrected chi connectivity index (χ3v) is 5.95. The van der Waals surface area contributed by atoms with E-state index < -0.39 is 10.0 Å². The number of sulfonamides is 1. The summed E-state index contributed by atoms with van der Waals surface area (Å²) in [6.07, 6.45) is 0. The summed E-state index contributed by atoms with van der Waals surface area (Å²) in [6, 6.07) is 17.0. The van der Waals surface area contributed by atoms with Crippen molar-refractivity contribution in [1.82, 2.24) is 9.62 Å². The fourth-order valence-corrected chi connectivity index (χ4v) is 4.04. The number of benzene rings is 2. The standard InChI is InChI=1S/C19H24N2O3S/c1-16(21-11-13-24-14-12-21)15-20-25(22,23)19-9-7-18(8-10-19)17-5-3-2-4-6-17/h2-10,16,20H,11-15H2,1H3/t16-/m0/s1. The number of nitrogens with one attached hydrogen (secondary N) is 1. The first-order valence-electron chi connectivity index (χ1n) is 8.53. The molecular weight excluding hydrogens is 336 g/mol. The van der Waals surface area contributed by atoms with Crippen LogP contribution in [0, 0.1) is 0 Å². The number of morpholine rings is 1. The van der Waals surface area contributed by atoms with Crippen molar-refractivity contribution < 1.29 is 13.2 Å². The van der Waals surface area contributed by atoms with E-state index in [0.717, 1.165) is 24.2 Å². The molecule has 3 rings (SSSR count). The summed E-state index contributed by atoms with van der Waals surface area (Å²) >= 11 is 0. The second-order valence-corrected chi connectivity index (χ2v) is 8.01. The second kappa shape index (κ2) is 8.10. The fourth-order valence-electron chi connectivity index (χ4n) is 2.92. The van der Waals surface area contributed by atoms with Crippen LogP contribution < -0.4 is 4.72 Å². The van der Waals surface area contributed by atoms with Gasteiger partial charge in [-0.1, -0.05) is 42.5 Å². The average Bonchev–Trinajstić information content (AvgIpc) is 2.68. The van der Waals surface area contributed by atoms with Crippen LogP contribution in [0.2, 0.25) is 0 Å². The summed E-state index contributed by atoms with van der Waals surface area (Å²) in [4.78, 5) is 2.53. The molecule has 0 bridgehead atoms. The Balaban J connectivity index is 1.63. The third-order valence-electron chi connectivity index (χ3n) is 4.51. The molecule has 134 valence electrons. The molecule has 0 aliphatic carbocycles. The lowest BCUT2D eigenvalue weighted by atomic mass is 10.1. The van der Waals surface area contributed by atoms with Crippen molar-refractivity contribution in [3.63, 3.8) is 0 Å². The van der Waals surface area contributed by atoms with E-state index in [1.165, 1.54) is 0 Å². The number of ether oxygens (including phenoxy) is 1. The smallest absolute Gasteiger partial charge is 0.240 e. The van der Waals surface area contributed by atoms with Crippen LogP contribution in [-0.4, -0.2) is 52.2 Å². The second-order valence-electron chi connectivity index (χ2n) is 6.24. The predicted octanol–water partition coefficient (Wildman–Crippen LogP) is 2.35. The maximum absolute atomic E-state index is 12.5. The van der Waals surface area contributed by atoms with Gasteiger partial charge in [0.05, 0.1) is 18.1 Å². The normalized spacial score (nSPS) is 17.3. The highest BCUT2D eigenvalue weighted by Gasteiger charge is 2.20. The number of hydrogen-bond donors (Lipinski definition) is 1. The molecule has 1 aliphatic heterocycles. The van der Waals surface area contributed by atoms with Gasteiger partial charge in [0, 0.05) is 25.7 Å². The van der Waals surface area contributed by atoms with Crippen LogP contribution in [0.25, 0.3) is 11.1 Å². The molecule has 0 aromatic heterocycles. The molecule has 2 aromatic carbocycles. The molecule has 0 unspecified atom stereocenters. The van der Waals surface area contributed by atoms with E-state index in [-0.39, 0.29) is 6.04 Å². The Labute approximate surface area is 149 Å². The van der Waals surface area contributed by atoms with E-state index in [2.05, 4.69) is 9.62 Å². The van der Waals surface area contributed by atoms with Crippen LogP contribution in [0.5, 0.6) is 0 Å². The molecule has 25 heavy (non-hydrogen) atoms. The lowest BCUT2D eigenvalue weighted by Gasteiger charge is -2.32. The molecule has 1 N–H and O–H groups in total. The van der Waals surface area contributed by atoms with Crippen LogP contribution in [0.4, 0.5) is 0 Å². The van der Waals surface area contributed by atoms with Crippen LogP contribution in [0.1, 0.15) is 6.92 Å². The lowest BCUT2D eigenvalue weighted by Crippen LogP contribution is -2.47.